The number of para-hydroxylation sites is 1. The standard InChI is InChI=1S/C22H22N2O2S/c1-24(16-17-8-12-19(25-2)13-9-17)22(27)23-18-10-14-21(15-11-18)26-20-6-4-3-5-7-20/h3-15H,16H2,1-2H3,(H,23,27). The number of anilines is 1. The van der Waals surface area contributed by atoms with Crippen LogP contribution in [0, 0.1) is 0 Å². The summed E-state index contributed by atoms with van der Waals surface area (Å²) in [4.78, 5) is 1.99. The Morgan fingerprint density at radius 3 is 2.07 bits per heavy atom. The predicted octanol–water partition coefficient (Wildman–Crippen LogP) is 5.32. The fraction of sp³-hybridized carbons (Fsp3) is 0.136. The molecule has 0 saturated carbocycles. The van der Waals surface area contributed by atoms with Crippen LogP contribution in [0.1, 0.15) is 5.56 Å². The van der Waals surface area contributed by atoms with E-state index in [-0.39, 0.29) is 0 Å². The molecular weight excluding hydrogens is 356 g/mol. The SMILES string of the molecule is COc1ccc(CN(C)C(=S)Nc2ccc(Oc3ccccc3)cc2)cc1. The van der Waals surface area contributed by atoms with Gasteiger partial charge in [-0.05, 0) is 66.3 Å². The quantitative estimate of drug-likeness (QED) is 0.588. The van der Waals surface area contributed by atoms with E-state index >= 15 is 0 Å². The summed E-state index contributed by atoms with van der Waals surface area (Å²) in [5, 5.41) is 3.91. The Morgan fingerprint density at radius 1 is 0.852 bits per heavy atom. The highest BCUT2D eigenvalue weighted by molar-refractivity contribution is 7.80. The molecule has 0 aliphatic carbocycles. The molecule has 0 saturated heterocycles. The van der Waals surface area contributed by atoms with Crippen molar-refractivity contribution in [3.8, 4) is 17.2 Å². The van der Waals surface area contributed by atoms with Gasteiger partial charge in [0.1, 0.15) is 17.2 Å². The number of hydrogen-bond donors (Lipinski definition) is 1. The predicted molar refractivity (Wildman–Crippen MR) is 114 cm³/mol. The van der Waals surface area contributed by atoms with E-state index in [4.69, 9.17) is 21.7 Å². The van der Waals surface area contributed by atoms with Crippen molar-refractivity contribution in [3.63, 3.8) is 0 Å². The maximum Gasteiger partial charge on any atom is 0.173 e. The van der Waals surface area contributed by atoms with Crippen LogP contribution in [0.4, 0.5) is 5.69 Å². The van der Waals surface area contributed by atoms with Crippen LogP contribution in [0.5, 0.6) is 17.2 Å². The zero-order valence-corrected chi connectivity index (χ0v) is 16.2. The summed E-state index contributed by atoms with van der Waals surface area (Å²) in [7, 11) is 3.63. The second-order valence-electron chi connectivity index (χ2n) is 6.07. The minimum atomic E-state index is 0.655. The van der Waals surface area contributed by atoms with E-state index in [1.54, 1.807) is 7.11 Å². The summed E-state index contributed by atoms with van der Waals surface area (Å²) >= 11 is 5.50. The van der Waals surface area contributed by atoms with E-state index in [1.807, 2.05) is 90.8 Å². The molecule has 5 heteroatoms. The molecule has 0 aliphatic heterocycles. The Hall–Kier alpha value is -3.05. The van der Waals surface area contributed by atoms with Crippen molar-refractivity contribution in [1.82, 2.24) is 4.90 Å². The van der Waals surface area contributed by atoms with Gasteiger partial charge in [0.25, 0.3) is 0 Å². The zero-order chi connectivity index (χ0) is 19.1. The minimum absolute atomic E-state index is 0.655. The molecule has 27 heavy (non-hydrogen) atoms. The highest BCUT2D eigenvalue weighted by Gasteiger charge is 2.06. The first-order valence-corrected chi connectivity index (χ1v) is 9.03. The van der Waals surface area contributed by atoms with Gasteiger partial charge in [0.2, 0.25) is 0 Å². The smallest absolute Gasteiger partial charge is 0.173 e. The van der Waals surface area contributed by atoms with Crippen molar-refractivity contribution in [3.05, 3.63) is 84.4 Å². The lowest BCUT2D eigenvalue weighted by Crippen LogP contribution is -2.30. The number of rotatable bonds is 6. The molecule has 0 atom stereocenters. The number of methoxy groups -OCH3 is 1. The second kappa shape index (κ2) is 9.05. The van der Waals surface area contributed by atoms with Crippen molar-refractivity contribution in [2.24, 2.45) is 0 Å². The first-order valence-electron chi connectivity index (χ1n) is 8.62. The van der Waals surface area contributed by atoms with Gasteiger partial charge in [0.15, 0.2) is 5.11 Å². The number of ether oxygens (including phenoxy) is 2. The lowest BCUT2D eigenvalue weighted by molar-refractivity contribution is 0.414. The molecule has 138 valence electrons. The molecule has 0 bridgehead atoms. The molecule has 0 amide bonds. The van der Waals surface area contributed by atoms with Gasteiger partial charge < -0.3 is 19.7 Å². The van der Waals surface area contributed by atoms with Crippen molar-refractivity contribution < 1.29 is 9.47 Å². The van der Waals surface area contributed by atoms with Gasteiger partial charge >= 0.3 is 0 Å². The van der Waals surface area contributed by atoms with Gasteiger partial charge in [-0.25, -0.2) is 0 Å². The average Bonchev–Trinajstić information content (AvgIpc) is 2.71. The molecule has 1 N–H and O–H groups in total. The first kappa shape index (κ1) is 18.7. The fourth-order valence-electron chi connectivity index (χ4n) is 2.53. The van der Waals surface area contributed by atoms with E-state index in [2.05, 4.69) is 5.32 Å². The minimum Gasteiger partial charge on any atom is -0.497 e. The molecule has 0 aliphatic rings. The Morgan fingerprint density at radius 2 is 1.44 bits per heavy atom. The van der Waals surface area contributed by atoms with E-state index < -0.39 is 0 Å². The summed E-state index contributed by atoms with van der Waals surface area (Å²) in [6, 6.07) is 25.4. The summed E-state index contributed by atoms with van der Waals surface area (Å²) in [5.74, 6) is 2.44. The Bertz CT molecular complexity index is 865. The maximum atomic E-state index is 5.80. The summed E-state index contributed by atoms with van der Waals surface area (Å²) in [5.41, 5.74) is 2.08. The third-order valence-electron chi connectivity index (χ3n) is 4.01. The molecule has 0 spiro atoms. The van der Waals surface area contributed by atoms with E-state index in [1.165, 1.54) is 0 Å². The van der Waals surface area contributed by atoms with Gasteiger partial charge in [-0.3, -0.25) is 0 Å². The average molecular weight is 378 g/mol. The van der Waals surface area contributed by atoms with Gasteiger partial charge in [-0.1, -0.05) is 30.3 Å². The summed E-state index contributed by atoms with van der Waals surface area (Å²) in [6.45, 7) is 0.713. The lowest BCUT2D eigenvalue weighted by Gasteiger charge is -2.21. The van der Waals surface area contributed by atoms with E-state index in [0.29, 0.717) is 11.7 Å². The van der Waals surface area contributed by atoms with Crippen LogP contribution in [0.15, 0.2) is 78.9 Å². The molecule has 0 radical (unpaired) electrons. The van der Waals surface area contributed by atoms with Crippen molar-refractivity contribution in [1.29, 1.82) is 0 Å². The Kier molecular flexibility index (Phi) is 6.28. The van der Waals surface area contributed by atoms with Crippen molar-refractivity contribution >= 4 is 23.0 Å². The Labute approximate surface area is 165 Å². The molecule has 3 aromatic carbocycles. The summed E-state index contributed by atoms with van der Waals surface area (Å²) < 4.78 is 11.0. The van der Waals surface area contributed by atoms with Crippen molar-refractivity contribution in [2.75, 3.05) is 19.5 Å². The molecular formula is C22H22N2O2S. The van der Waals surface area contributed by atoms with Crippen LogP contribution >= 0.6 is 12.2 Å². The van der Waals surface area contributed by atoms with Crippen LogP contribution < -0.4 is 14.8 Å². The monoisotopic (exact) mass is 378 g/mol. The molecule has 3 aromatic rings. The van der Waals surface area contributed by atoms with Crippen LogP contribution in [0.3, 0.4) is 0 Å². The number of nitrogens with zero attached hydrogens (tertiary/aromatic N) is 1. The van der Waals surface area contributed by atoms with Gasteiger partial charge in [-0.15, -0.1) is 0 Å². The van der Waals surface area contributed by atoms with Gasteiger partial charge in [-0.2, -0.15) is 0 Å². The largest absolute Gasteiger partial charge is 0.497 e. The molecule has 0 heterocycles. The third-order valence-corrected chi connectivity index (χ3v) is 4.42. The van der Waals surface area contributed by atoms with E-state index in [9.17, 15) is 0 Å². The topological polar surface area (TPSA) is 33.7 Å². The second-order valence-corrected chi connectivity index (χ2v) is 6.46. The summed E-state index contributed by atoms with van der Waals surface area (Å²) in [6.07, 6.45) is 0. The maximum absolute atomic E-state index is 5.80. The van der Waals surface area contributed by atoms with Crippen LogP contribution in [-0.2, 0) is 6.54 Å². The molecule has 0 aromatic heterocycles. The molecule has 4 nitrogen and oxygen atoms in total. The van der Waals surface area contributed by atoms with Gasteiger partial charge in [0.05, 0.1) is 7.11 Å². The Balaban J connectivity index is 1.54. The normalized spacial score (nSPS) is 10.1. The number of benzene rings is 3. The van der Waals surface area contributed by atoms with Crippen LogP contribution in [0.2, 0.25) is 0 Å². The zero-order valence-electron chi connectivity index (χ0n) is 15.4. The number of hydrogen-bond acceptors (Lipinski definition) is 3. The number of nitrogens with one attached hydrogen (secondary N) is 1. The highest BCUT2D eigenvalue weighted by atomic mass is 32.1. The first-order chi connectivity index (χ1) is 13.1. The van der Waals surface area contributed by atoms with Crippen LogP contribution in [0.25, 0.3) is 0 Å². The third kappa shape index (κ3) is 5.46. The fourth-order valence-corrected chi connectivity index (χ4v) is 2.71. The van der Waals surface area contributed by atoms with Crippen LogP contribution in [-0.4, -0.2) is 24.2 Å². The molecule has 0 unspecified atom stereocenters. The molecule has 3 rings (SSSR count). The van der Waals surface area contributed by atoms with Gasteiger partial charge in [0, 0.05) is 19.3 Å². The molecule has 0 fully saturated rings. The van der Waals surface area contributed by atoms with E-state index in [0.717, 1.165) is 28.5 Å². The van der Waals surface area contributed by atoms with Crippen molar-refractivity contribution in [2.45, 2.75) is 6.54 Å². The highest BCUT2D eigenvalue weighted by Crippen LogP contribution is 2.23. The lowest BCUT2D eigenvalue weighted by atomic mass is 10.2. The number of thiocarbonyl (C=S) groups is 1.